The van der Waals surface area contributed by atoms with Crippen molar-refractivity contribution < 1.29 is 14.3 Å². The summed E-state index contributed by atoms with van der Waals surface area (Å²) in [4.78, 5) is 12.2. The minimum Gasteiger partial charge on any atom is -0.493 e. The van der Waals surface area contributed by atoms with Gasteiger partial charge in [0.15, 0.2) is 11.5 Å². The molecule has 0 unspecified atom stereocenters. The van der Waals surface area contributed by atoms with Gasteiger partial charge in [-0.05, 0) is 49.8 Å². The highest BCUT2D eigenvalue weighted by atomic mass is 35.5. The summed E-state index contributed by atoms with van der Waals surface area (Å²) < 4.78 is 11.1. The Kier molecular flexibility index (Phi) is 4.49. The van der Waals surface area contributed by atoms with Gasteiger partial charge in [0.1, 0.15) is 0 Å². The number of nitrogens with one attached hydrogen (secondary N) is 1. The number of hydrogen-bond donors (Lipinski definition) is 1. The number of amides is 1. The summed E-state index contributed by atoms with van der Waals surface area (Å²) in [5, 5.41) is 3.42. The maximum atomic E-state index is 12.2. The molecular weight excluding hydrogens is 326 g/mol. The molecule has 1 N–H and O–H groups in total. The van der Waals surface area contributed by atoms with Crippen molar-refractivity contribution in [2.24, 2.45) is 0 Å². The van der Waals surface area contributed by atoms with Gasteiger partial charge in [0.2, 0.25) is 0 Å². The Morgan fingerprint density at radius 1 is 1.12 bits per heavy atom. The summed E-state index contributed by atoms with van der Waals surface area (Å²) in [5.41, 5.74) is 3.02. The quantitative estimate of drug-likeness (QED) is 0.823. The summed E-state index contributed by atoms with van der Waals surface area (Å²) in [6.45, 7) is 3.92. The van der Waals surface area contributed by atoms with Crippen LogP contribution in [0.4, 0.5) is 5.69 Å². The summed E-state index contributed by atoms with van der Waals surface area (Å²) in [6.07, 6.45) is 1.89. The number of rotatable bonds is 4. The maximum absolute atomic E-state index is 12.2. The first-order valence-electron chi connectivity index (χ1n) is 7.65. The van der Waals surface area contributed by atoms with Crippen molar-refractivity contribution in [3.05, 3.63) is 52.5 Å². The molecule has 4 nitrogen and oxygen atoms in total. The van der Waals surface area contributed by atoms with Crippen LogP contribution < -0.4 is 14.8 Å². The van der Waals surface area contributed by atoms with Crippen LogP contribution in [-0.4, -0.2) is 19.1 Å². The molecule has 0 aromatic heterocycles. The van der Waals surface area contributed by atoms with E-state index in [9.17, 15) is 4.79 Å². The van der Waals surface area contributed by atoms with E-state index in [1.165, 1.54) is 0 Å². The number of halogens is 1. The first kappa shape index (κ1) is 16.4. The summed E-state index contributed by atoms with van der Waals surface area (Å²) in [6, 6.07) is 11.0. The fraction of sp³-hybridized carbons (Fsp3) is 0.211. The molecule has 0 spiro atoms. The number of hydrogen-bond acceptors (Lipinski definition) is 3. The number of carbonyl (C=O) groups is 1. The zero-order valence-electron chi connectivity index (χ0n) is 13.7. The molecule has 2 aromatic rings. The Labute approximate surface area is 146 Å². The number of fused-ring (bicyclic) bond motifs is 1. The zero-order valence-corrected chi connectivity index (χ0v) is 14.5. The van der Waals surface area contributed by atoms with Crippen LogP contribution in [0.2, 0.25) is 5.02 Å². The average Bonchev–Trinajstić information content (AvgIpc) is 2.83. The molecular formula is C19H18ClNO3. The maximum Gasteiger partial charge on any atom is 0.256 e. The molecule has 1 amide bonds. The molecule has 0 radical (unpaired) electrons. The van der Waals surface area contributed by atoms with Crippen molar-refractivity contribution in [3.63, 3.8) is 0 Å². The summed E-state index contributed by atoms with van der Waals surface area (Å²) in [7, 11) is 1.60. The molecule has 1 heterocycles. The smallest absolute Gasteiger partial charge is 0.256 e. The van der Waals surface area contributed by atoms with Crippen LogP contribution in [0.25, 0.3) is 11.6 Å². The van der Waals surface area contributed by atoms with Crippen LogP contribution in [0.5, 0.6) is 11.5 Å². The molecule has 24 heavy (non-hydrogen) atoms. The van der Waals surface area contributed by atoms with Gasteiger partial charge < -0.3 is 14.8 Å². The van der Waals surface area contributed by atoms with E-state index in [2.05, 4.69) is 5.32 Å². The van der Waals surface area contributed by atoms with Crippen molar-refractivity contribution in [1.29, 1.82) is 0 Å². The van der Waals surface area contributed by atoms with E-state index in [1.807, 2.05) is 44.2 Å². The molecule has 0 saturated heterocycles. The van der Waals surface area contributed by atoms with E-state index in [1.54, 1.807) is 19.2 Å². The molecule has 5 heteroatoms. The topological polar surface area (TPSA) is 47.6 Å². The Morgan fingerprint density at radius 3 is 2.62 bits per heavy atom. The van der Waals surface area contributed by atoms with Crippen LogP contribution in [0, 0.1) is 0 Å². The molecule has 1 aliphatic rings. The van der Waals surface area contributed by atoms with Gasteiger partial charge in [-0.1, -0.05) is 23.7 Å². The zero-order chi connectivity index (χ0) is 17.3. The molecule has 0 fully saturated rings. The Balaban J connectivity index is 1.99. The van der Waals surface area contributed by atoms with Gasteiger partial charge in [-0.2, -0.15) is 0 Å². The van der Waals surface area contributed by atoms with Crippen LogP contribution >= 0.6 is 11.6 Å². The third-order valence-corrected chi connectivity index (χ3v) is 3.86. The predicted molar refractivity (Wildman–Crippen MR) is 96.7 cm³/mol. The second-order valence-corrected chi connectivity index (χ2v) is 6.22. The Morgan fingerprint density at radius 2 is 1.92 bits per heavy atom. The van der Waals surface area contributed by atoms with Crippen LogP contribution in [0.3, 0.4) is 0 Å². The van der Waals surface area contributed by atoms with Gasteiger partial charge in [0.05, 0.1) is 18.9 Å². The number of carbonyl (C=O) groups excluding carboxylic acids is 1. The number of methoxy groups -OCH3 is 1. The Bertz CT molecular complexity index is 827. The van der Waals surface area contributed by atoms with E-state index >= 15 is 0 Å². The van der Waals surface area contributed by atoms with Gasteiger partial charge in [-0.25, -0.2) is 0 Å². The first-order valence-corrected chi connectivity index (χ1v) is 8.03. The van der Waals surface area contributed by atoms with Gasteiger partial charge in [0.25, 0.3) is 5.91 Å². The summed E-state index contributed by atoms with van der Waals surface area (Å²) >= 11 is 5.98. The number of anilines is 1. The number of benzene rings is 2. The molecule has 0 bridgehead atoms. The molecule has 0 atom stereocenters. The van der Waals surface area contributed by atoms with E-state index < -0.39 is 0 Å². The Hall–Kier alpha value is -2.46. The highest BCUT2D eigenvalue weighted by molar-refractivity contribution is 6.36. The SMILES string of the molecule is COc1cc(C=C2C(=O)Nc3cc(Cl)ccc32)ccc1OC(C)C. The van der Waals surface area contributed by atoms with Gasteiger partial charge in [0, 0.05) is 16.2 Å². The standard InChI is InChI=1S/C19H18ClNO3/c1-11(2)24-17-7-4-12(9-18(17)23-3)8-15-14-6-5-13(20)10-16(14)21-19(15)22/h4-11H,1-3H3,(H,21,22). The van der Waals surface area contributed by atoms with E-state index in [-0.39, 0.29) is 12.0 Å². The van der Waals surface area contributed by atoms with Crippen LogP contribution in [0.1, 0.15) is 25.0 Å². The monoisotopic (exact) mass is 343 g/mol. The normalized spacial score (nSPS) is 14.7. The molecule has 0 saturated carbocycles. The fourth-order valence-electron chi connectivity index (χ4n) is 2.60. The van der Waals surface area contributed by atoms with Crippen molar-refractivity contribution in [1.82, 2.24) is 0 Å². The van der Waals surface area contributed by atoms with Gasteiger partial charge in [-0.15, -0.1) is 0 Å². The lowest BCUT2D eigenvalue weighted by atomic mass is 10.0. The second-order valence-electron chi connectivity index (χ2n) is 5.78. The lowest BCUT2D eigenvalue weighted by Crippen LogP contribution is -2.06. The second kappa shape index (κ2) is 6.57. The van der Waals surface area contributed by atoms with Crippen molar-refractivity contribution in [3.8, 4) is 11.5 Å². The van der Waals surface area contributed by atoms with E-state index in [4.69, 9.17) is 21.1 Å². The number of ether oxygens (including phenoxy) is 2. The van der Waals surface area contributed by atoms with Crippen molar-refractivity contribution in [2.75, 3.05) is 12.4 Å². The minimum absolute atomic E-state index is 0.0559. The highest BCUT2D eigenvalue weighted by Gasteiger charge is 2.24. The third kappa shape index (κ3) is 3.24. The van der Waals surface area contributed by atoms with Gasteiger partial charge >= 0.3 is 0 Å². The average molecular weight is 344 g/mol. The molecule has 124 valence electrons. The molecule has 3 rings (SSSR count). The van der Waals surface area contributed by atoms with Crippen molar-refractivity contribution in [2.45, 2.75) is 20.0 Å². The minimum atomic E-state index is -0.145. The summed E-state index contributed by atoms with van der Waals surface area (Å²) in [5.74, 6) is 1.17. The predicted octanol–water partition coefficient (Wildman–Crippen LogP) is 4.63. The van der Waals surface area contributed by atoms with Gasteiger partial charge in [-0.3, -0.25) is 4.79 Å². The lowest BCUT2D eigenvalue weighted by Gasteiger charge is -2.14. The largest absolute Gasteiger partial charge is 0.493 e. The molecule has 2 aromatic carbocycles. The highest BCUT2D eigenvalue weighted by Crippen LogP contribution is 2.36. The van der Waals surface area contributed by atoms with E-state index in [0.717, 1.165) is 16.8 Å². The lowest BCUT2D eigenvalue weighted by molar-refractivity contribution is -0.110. The third-order valence-electron chi connectivity index (χ3n) is 3.63. The fourth-order valence-corrected chi connectivity index (χ4v) is 2.77. The molecule has 0 aliphatic carbocycles. The van der Waals surface area contributed by atoms with E-state index in [0.29, 0.717) is 22.1 Å². The first-order chi connectivity index (χ1) is 11.5. The van der Waals surface area contributed by atoms with Crippen LogP contribution in [-0.2, 0) is 4.79 Å². The molecule has 1 aliphatic heterocycles. The van der Waals surface area contributed by atoms with Crippen molar-refractivity contribution >= 4 is 34.8 Å². The van der Waals surface area contributed by atoms with Crippen LogP contribution in [0.15, 0.2) is 36.4 Å².